The Hall–Kier alpha value is -3.41. The van der Waals surface area contributed by atoms with E-state index in [1.165, 1.54) is 6.08 Å². The number of hydrogen-bond acceptors (Lipinski definition) is 6. The molecule has 6 nitrogen and oxygen atoms in total. The third-order valence-corrected chi connectivity index (χ3v) is 5.44. The molecule has 1 aromatic rings. The summed E-state index contributed by atoms with van der Waals surface area (Å²) in [5.41, 5.74) is 2.45. The molecule has 1 fully saturated rings. The largest absolute Gasteiger partial charge is 0.458 e. The molecule has 2 bridgehead atoms. The van der Waals surface area contributed by atoms with Crippen molar-refractivity contribution in [2.45, 2.75) is 38.1 Å². The van der Waals surface area contributed by atoms with Crippen molar-refractivity contribution in [3.63, 3.8) is 0 Å². The van der Waals surface area contributed by atoms with Crippen molar-refractivity contribution in [3.05, 3.63) is 77.4 Å². The SMILES string of the molecule is C=C1C(=O)O[C@H]2CC3=C[C@H](C/C(C)=C/[C@@H](OC(=O)/C=C/c4ccccc4)[C@H]12)OC3=O. The van der Waals surface area contributed by atoms with E-state index in [0.29, 0.717) is 12.0 Å². The van der Waals surface area contributed by atoms with Gasteiger partial charge in [-0.3, -0.25) is 0 Å². The molecule has 0 N–H and O–H groups in total. The number of rotatable bonds is 3. The first-order valence-electron chi connectivity index (χ1n) is 9.83. The van der Waals surface area contributed by atoms with E-state index in [-0.39, 0.29) is 18.1 Å². The van der Waals surface area contributed by atoms with Crippen LogP contribution in [0.25, 0.3) is 6.08 Å². The van der Waals surface area contributed by atoms with Crippen LogP contribution in [-0.4, -0.2) is 36.2 Å². The van der Waals surface area contributed by atoms with Crippen LogP contribution in [0.3, 0.4) is 0 Å². The summed E-state index contributed by atoms with van der Waals surface area (Å²) in [4.78, 5) is 36.9. The summed E-state index contributed by atoms with van der Waals surface area (Å²) in [5.74, 6) is -2.06. The van der Waals surface area contributed by atoms with E-state index in [1.807, 2.05) is 37.3 Å². The van der Waals surface area contributed by atoms with Crippen LogP contribution in [-0.2, 0) is 28.6 Å². The van der Waals surface area contributed by atoms with E-state index in [0.717, 1.165) is 11.1 Å². The van der Waals surface area contributed by atoms with Gasteiger partial charge in [0.05, 0.1) is 5.92 Å². The monoisotopic (exact) mass is 406 g/mol. The Kier molecular flexibility index (Phi) is 5.40. The summed E-state index contributed by atoms with van der Waals surface area (Å²) >= 11 is 0. The van der Waals surface area contributed by atoms with Crippen LogP contribution in [0.5, 0.6) is 0 Å². The number of ether oxygens (including phenoxy) is 3. The molecule has 2 heterocycles. The third kappa shape index (κ3) is 4.13. The first kappa shape index (κ1) is 19.9. The molecule has 30 heavy (non-hydrogen) atoms. The predicted octanol–water partition coefficient (Wildman–Crippen LogP) is 3.30. The molecule has 1 aliphatic carbocycles. The van der Waals surface area contributed by atoms with Gasteiger partial charge in [0.2, 0.25) is 0 Å². The van der Waals surface area contributed by atoms with E-state index >= 15 is 0 Å². The second-order valence-corrected chi connectivity index (χ2v) is 7.70. The van der Waals surface area contributed by atoms with E-state index in [1.54, 1.807) is 18.2 Å². The highest BCUT2D eigenvalue weighted by Crippen LogP contribution is 2.38. The molecule has 0 spiro atoms. The molecule has 4 rings (SSSR count). The lowest BCUT2D eigenvalue weighted by Gasteiger charge is -2.25. The number of esters is 3. The Morgan fingerprint density at radius 2 is 1.87 bits per heavy atom. The topological polar surface area (TPSA) is 78.9 Å². The predicted molar refractivity (Wildman–Crippen MR) is 109 cm³/mol. The minimum Gasteiger partial charge on any atom is -0.458 e. The maximum Gasteiger partial charge on any atom is 0.334 e. The molecule has 4 atom stereocenters. The Labute approximate surface area is 174 Å². The molecule has 1 aromatic carbocycles. The fourth-order valence-corrected chi connectivity index (χ4v) is 4.01. The molecule has 0 aromatic heterocycles. The molecule has 2 aliphatic heterocycles. The zero-order valence-corrected chi connectivity index (χ0v) is 16.6. The van der Waals surface area contributed by atoms with Gasteiger partial charge in [-0.05, 0) is 30.7 Å². The lowest BCUT2D eigenvalue weighted by Crippen LogP contribution is -2.32. The Morgan fingerprint density at radius 3 is 2.63 bits per heavy atom. The molecule has 6 heteroatoms. The van der Waals surface area contributed by atoms with Gasteiger partial charge in [0.15, 0.2) is 0 Å². The van der Waals surface area contributed by atoms with Gasteiger partial charge in [0, 0.05) is 30.1 Å². The fourth-order valence-electron chi connectivity index (χ4n) is 4.01. The average molecular weight is 406 g/mol. The highest BCUT2D eigenvalue weighted by Gasteiger charge is 2.46. The summed E-state index contributed by atoms with van der Waals surface area (Å²) in [6.45, 7) is 5.73. The van der Waals surface area contributed by atoms with Crippen LogP contribution in [0, 0.1) is 5.92 Å². The highest BCUT2D eigenvalue weighted by atomic mass is 16.6. The lowest BCUT2D eigenvalue weighted by atomic mass is 9.85. The van der Waals surface area contributed by atoms with Gasteiger partial charge < -0.3 is 14.2 Å². The zero-order valence-electron chi connectivity index (χ0n) is 16.6. The van der Waals surface area contributed by atoms with Gasteiger partial charge in [0.25, 0.3) is 0 Å². The molecule has 154 valence electrons. The Bertz CT molecular complexity index is 984. The molecule has 0 amide bonds. The van der Waals surface area contributed by atoms with E-state index in [9.17, 15) is 14.4 Å². The minimum absolute atomic E-state index is 0.200. The number of carbonyl (C=O) groups is 3. The van der Waals surface area contributed by atoms with Gasteiger partial charge in [0.1, 0.15) is 18.3 Å². The Balaban J connectivity index is 1.60. The third-order valence-electron chi connectivity index (χ3n) is 5.44. The van der Waals surface area contributed by atoms with Crippen molar-refractivity contribution in [3.8, 4) is 0 Å². The summed E-state index contributed by atoms with van der Waals surface area (Å²) < 4.78 is 16.6. The number of benzene rings is 1. The summed E-state index contributed by atoms with van der Waals surface area (Å²) in [6, 6.07) is 9.39. The van der Waals surface area contributed by atoms with Gasteiger partial charge in [-0.25, -0.2) is 14.4 Å². The van der Waals surface area contributed by atoms with Gasteiger partial charge in [-0.15, -0.1) is 0 Å². The van der Waals surface area contributed by atoms with Gasteiger partial charge in [-0.2, -0.15) is 0 Å². The Morgan fingerprint density at radius 1 is 1.10 bits per heavy atom. The van der Waals surface area contributed by atoms with Crippen molar-refractivity contribution >= 4 is 24.0 Å². The van der Waals surface area contributed by atoms with Crippen LogP contribution >= 0.6 is 0 Å². The minimum atomic E-state index is -0.741. The smallest absolute Gasteiger partial charge is 0.334 e. The van der Waals surface area contributed by atoms with Crippen molar-refractivity contribution < 1.29 is 28.6 Å². The van der Waals surface area contributed by atoms with Crippen molar-refractivity contribution in [2.24, 2.45) is 5.92 Å². The number of fused-ring (bicyclic) bond motifs is 2. The van der Waals surface area contributed by atoms with Crippen LogP contribution in [0.4, 0.5) is 0 Å². The average Bonchev–Trinajstić information content (AvgIpc) is 3.18. The molecular formula is C24H22O6. The standard InChI is InChI=1S/C24H22O6/c1-14-10-18-12-17(24(27)28-18)13-20-22(15(2)23(26)30-20)19(11-14)29-21(25)9-8-16-6-4-3-5-7-16/h3-9,11-12,18-20,22H,2,10,13H2,1H3/b9-8+,14-11+/t18-,19+,20-,22-/m0/s1. The first-order valence-corrected chi connectivity index (χ1v) is 9.83. The normalized spacial score (nSPS) is 30.1. The molecule has 3 aliphatic rings. The van der Waals surface area contributed by atoms with Gasteiger partial charge in [-0.1, -0.05) is 42.5 Å². The van der Waals surface area contributed by atoms with Crippen LogP contribution in [0.1, 0.15) is 25.3 Å². The summed E-state index contributed by atoms with van der Waals surface area (Å²) in [6.07, 6.45) is 5.52. The second kappa shape index (κ2) is 8.14. The van der Waals surface area contributed by atoms with Gasteiger partial charge >= 0.3 is 17.9 Å². The number of hydrogen-bond donors (Lipinski definition) is 0. The van der Waals surface area contributed by atoms with Crippen molar-refractivity contribution in [1.29, 1.82) is 0 Å². The maximum atomic E-state index is 12.5. The second-order valence-electron chi connectivity index (χ2n) is 7.70. The quantitative estimate of drug-likeness (QED) is 0.332. The fraction of sp³-hybridized carbons (Fsp3) is 0.292. The lowest BCUT2D eigenvalue weighted by molar-refractivity contribution is -0.145. The van der Waals surface area contributed by atoms with Crippen LogP contribution in [0.2, 0.25) is 0 Å². The molecule has 0 unspecified atom stereocenters. The molecule has 1 saturated heterocycles. The number of carbonyl (C=O) groups excluding carboxylic acids is 3. The van der Waals surface area contributed by atoms with Crippen molar-refractivity contribution in [2.75, 3.05) is 0 Å². The van der Waals surface area contributed by atoms with Crippen LogP contribution < -0.4 is 0 Å². The maximum absolute atomic E-state index is 12.5. The summed E-state index contributed by atoms with van der Waals surface area (Å²) in [5, 5.41) is 0. The summed E-state index contributed by atoms with van der Waals surface area (Å²) in [7, 11) is 0. The molecular weight excluding hydrogens is 384 g/mol. The van der Waals surface area contributed by atoms with E-state index in [4.69, 9.17) is 14.2 Å². The highest BCUT2D eigenvalue weighted by molar-refractivity contribution is 5.93. The van der Waals surface area contributed by atoms with E-state index < -0.39 is 36.0 Å². The van der Waals surface area contributed by atoms with E-state index in [2.05, 4.69) is 6.58 Å². The first-order chi connectivity index (χ1) is 14.4. The molecule has 0 radical (unpaired) electrons. The zero-order chi connectivity index (χ0) is 21.3. The van der Waals surface area contributed by atoms with Crippen molar-refractivity contribution in [1.82, 2.24) is 0 Å². The van der Waals surface area contributed by atoms with Crippen LogP contribution in [0.15, 0.2) is 71.9 Å². The molecule has 0 saturated carbocycles.